The van der Waals surface area contributed by atoms with E-state index in [1.54, 1.807) is 13.2 Å². The molecule has 118 valence electrons. The predicted octanol–water partition coefficient (Wildman–Crippen LogP) is 2.85. The van der Waals surface area contributed by atoms with Crippen molar-refractivity contribution >= 4 is 10.9 Å². The molecule has 0 saturated heterocycles. The van der Waals surface area contributed by atoms with Gasteiger partial charge in [-0.3, -0.25) is 9.48 Å². The second kappa shape index (κ2) is 5.77. The van der Waals surface area contributed by atoms with Gasteiger partial charge >= 0.3 is 0 Å². The second-order valence-electron chi connectivity index (χ2n) is 5.69. The molecule has 0 aliphatic heterocycles. The summed E-state index contributed by atoms with van der Waals surface area (Å²) in [6.45, 7) is 0.596. The van der Waals surface area contributed by atoms with Crippen LogP contribution in [0.5, 0.6) is 0 Å². The molecule has 0 radical (unpaired) electrons. The molecule has 5 heteroatoms. The lowest BCUT2D eigenvalue weighted by Crippen LogP contribution is -2.19. The molecule has 0 unspecified atom stereocenters. The molecule has 4 aromatic rings. The van der Waals surface area contributed by atoms with E-state index in [2.05, 4.69) is 5.10 Å². The van der Waals surface area contributed by atoms with Gasteiger partial charge in [-0.15, -0.1) is 0 Å². The largest absolute Gasteiger partial charge is 0.278 e. The Kier molecular flexibility index (Phi) is 3.46. The summed E-state index contributed by atoms with van der Waals surface area (Å²) in [5.74, 6) is 0. The van der Waals surface area contributed by atoms with Gasteiger partial charge < -0.3 is 0 Å². The first kappa shape index (κ1) is 14.4. The molecular weight excluding hydrogens is 300 g/mol. The third-order valence-electron chi connectivity index (χ3n) is 4.08. The van der Waals surface area contributed by atoms with Crippen LogP contribution in [0.15, 0.2) is 71.7 Å². The molecule has 0 fully saturated rings. The van der Waals surface area contributed by atoms with Gasteiger partial charge in [0.25, 0.3) is 5.56 Å². The van der Waals surface area contributed by atoms with Crippen LogP contribution >= 0.6 is 0 Å². The fourth-order valence-corrected chi connectivity index (χ4v) is 2.85. The summed E-state index contributed by atoms with van der Waals surface area (Å²) >= 11 is 0. The summed E-state index contributed by atoms with van der Waals surface area (Å²) in [6.07, 6.45) is 1.71. The van der Waals surface area contributed by atoms with Gasteiger partial charge in [0.1, 0.15) is 5.69 Å². The zero-order chi connectivity index (χ0) is 16.5. The lowest BCUT2D eigenvalue weighted by molar-refractivity contribution is 0.695. The SMILES string of the molecule is Cn1ncc2c(c(-c3ccccc3)nn2Cc2ccccc2)c1=O. The van der Waals surface area contributed by atoms with Crippen molar-refractivity contribution in [3.8, 4) is 11.3 Å². The van der Waals surface area contributed by atoms with E-state index in [-0.39, 0.29) is 5.56 Å². The van der Waals surface area contributed by atoms with Gasteiger partial charge in [-0.25, -0.2) is 4.68 Å². The summed E-state index contributed by atoms with van der Waals surface area (Å²) in [7, 11) is 1.66. The van der Waals surface area contributed by atoms with Crippen molar-refractivity contribution in [2.45, 2.75) is 6.54 Å². The molecule has 0 saturated carbocycles. The molecule has 0 atom stereocenters. The van der Waals surface area contributed by atoms with Crippen molar-refractivity contribution in [3.63, 3.8) is 0 Å². The molecular formula is C19H16N4O. The Morgan fingerprint density at radius 1 is 0.958 bits per heavy atom. The van der Waals surface area contributed by atoms with Gasteiger partial charge in [-0.05, 0) is 5.56 Å². The van der Waals surface area contributed by atoms with Crippen LogP contribution in [-0.2, 0) is 13.6 Å². The molecule has 0 N–H and O–H groups in total. The maximum Gasteiger partial charge on any atom is 0.278 e. The van der Waals surface area contributed by atoms with E-state index in [9.17, 15) is 4.79 Å². The highest BCUT2D eigenvalue weighted by Crippen LogP contribution is 2.25. The Morgan fingerprint density at radius 3 is 2.33 bits per heavy atom. The first-order valence-corrected chi connectivity index (χ1v) is 7.76. The maximum atomic E-state index is 12.6. The van der Waals surface area contributed by atoms with Crippen LogP contribution in [0, 0.1) is 0 Å². The highest BCUT2D eigenvalue weighted by atomic mass is 16.1. The van der Waals surface area contributed by atoms with Gasteiger partial charge in [-0.2, -0.15) is 10.2 Å². The van der Waals surface area contributed by atoms with Crippen LogP contribution < -0.4 is 5.56 Å². The van der Waals surface area contributed by atoms with E-state index in [0.717, 1.165) is 16.6 Å². The Morgan fingerprint density at radius 2 is 1.62 bits per heavy atom. The number of nitrogens with zero attached hydrogens (tertiary/aromatic N) is 4. The van der Waals surface area contributed by atoms with E-state index in [1.807, 2.05) is 65.3 Å². The average molecular weight is 316 g/mol. The molecule has 2 heterocycles. The zero-order valence-electron chi connectivity index (χ0n) is 13.3. The van der Waals surface area contributed by atoms with Gasteiger partial charge in [-0.1, -0.05) is 60.7 Å². The Bertz CT molecular complexity index is 1050. The molecule has 0 spiro atoms. The summed E-state index contributed by atoms with van der Waals surface area (Å²) in [4.78, 5) is 12.6. The lowest BCUT2D eigenvalue weighted by Gasteiger charge is -2.03. The molecule has 0 aliphatic rings. The minimum Gasteiger partial charge on any atom is -0.267 e. The quantitative estimate of drug-likeness (QED) is 0.584. The van der Waals surface area contributed by atoms with E-state index in [4.69, 9.17) is 5.10 Å². The maximum absolute atomic E-state index is 12.6. The van der Waals surface area contributed by atoms with Crippen LogP contribution in [0.3, 0.4) is 0 Å². The lowest BCUT2D eigenvalue weighted by atomic mass is 10.1. The van der Waals surface area contributed by atoms with Crippen LogP contribution in [0.4, 0.5) is 0 Å². The average Bonchev–Trinajstić information content (AvgIpc) is 2.99. The normalized spacial score (nSPS) is 11.0. The van der Waals surface area contributed by atoms with Gasteiger partial charge in [0.15, 0.2) is 0 Å². The van der Waals surface area contributed by atoms with Crippen LogP contribution in [0.2, 0.25) is 0 Å². The minimum absolute atomic E-state index is 0.134. The van der Waals surface area contributed by atoms with E-state index in [1.165, 1.54) is 4.68 Å². The fourth-order valence-electron chi connectivity index (χ4n) is 2.85. The van der Waals surface area contributed by atoms with Crippen molar-refractivity contribution in [1.29, 1.82) is 0 Å². The minimum atomic E-state index is -0.134. The molecule has 4 rings (SSSR count). The highest BCUT2D eigenvalue weighted by molar-refractivity contribution is 5.92. The molecule has 2 aromatic carbocycles. The van der Waals surface area contributed by atoms with Gasteiger partial charge in [0, 0.05) is 12.6 Å². The summed E-state index contributed by atoms with van der Waals surface area (Å²) in [6, 6.07) is 19.8. The summed E-state index contributed by atoms with van der Waals surface area (Å²) < 4.78 is 3.20. The smallest absolute Gasteiger partial charge is 0.267 e. The third-order valence-corrected chi connectivity index (χ3v) is 4.08. The van der Waals surface area contributed by atoms with Gasteiger partial charge in [0.05, 0.1) is 23.6 Å². The molecule has 0 aliphatic carbocycles. The predicted molar refractivity (Wildman–Crippen MR) is 93.7 cm³/mol. The Balaban J connectivity index is 1.96. The van der Waals surface area contributed by atoms with E-state index in [0.29, 0.717) is 17.6 Å². The van der Waals surface area contributed by atoms with Crippen LogP contribution in [-0.4, -0.2) is 19.6 Å². The number of aryl methyl sites for hydroxylation is 1. The van der Waals surface area contributed by atoms with E-state index < -0.39 is 0 Å². The number of hydrogen-bond acceptors (Lipinski definition) is 3. The summed E-state index contributed by atoms with van der Waals surface area (Å²) in [5.41, 5.74) is 3.37. The van der Waals surface area contributed by atoms with Crippen molar-refractivity contribution in [2.24, 2.45) is 7.05 Å². The fraction of sp³-hybridized carbons (Fsp3) is 0.105. The monoisotopic (exact) mass is 316 g/mol. The molecule has 2 aromatic heterocycles. The number of benzene rings is 2. The van der Waals surface area contributed by atoms with Crippen LogP contribution in [0.25, 0.3) is 22.2 Å². The third kappa shape index (κ3) is 2.40. The van der Waals surface area contributed by atoms with E-state index >= 15 is 0 Å². The highest BCUT2D eigenvalue weighted by Gasteiger charge is 2.17. The molecule has 24 heavy (non-hydrogen) atoms. The van der Waals surface area contributed by atoms with Crippen molar-refractivity contribution < 1.29 is 0 Å². The first-order chi connectivity index (χ1) is 11.7. The zero-order valence-corrected chi connectivity index (χ0v) is 13.3. The van der Waals surface area contributed by atoms with Gasteiger partial charge in [0.2, 0.25) is 0 Å². The topological polar surface area (TPSA) is 52.7 Å². The second-order valence-corrected chi connectivity index (χ2v) is 5.69. The summed E-state index contributed by atoms with van der Waals surface area (Å²) in [5, 5.41) is 9.49. The number of hydrogen-bond donors (Lipinski definition) is 0. The number of rotatable bonds is 3. The Hall–Kier alpha value is -3.21. The molecule has 0 amide bonds. The number of aromatic nitrogens is 4. The first-order valence-electron chi connectivity index (χ1n) is 7.76. The van der Waals surface area contributed by atoms with Crippen LogP contribution in [0.1, 0.15) is 5.56 Å². The van der Waals surface area contributed by atoms with Crippen molar-refractivity contribution in [3.05, 3.63) is 82.8 Å². The standard InChI is InChI=1S/C19H16N4O/c1-22-19(24)17-16(12-20-22)23(13-14-8-4-2-5-9-14)21-18(17)15-10-6-3-7-11-15/h2-12H,13H2,1H3. The molecule has 5 nitrogen and oxygen atoms in total. The van der Waals surface area contributed by atoms with Crippen molar-refractivity contribution in [1.82, 2.24) is 19.6 Å². The Labute approximate surface area is 138 Å². The molecule has 0 bridgehead atoms. The van der Waals surface area contributed by atoms with Crippen molar-refractivity contribution in [2.75, 3.05) is 0 Å². The number of fused-ring (bicyclic) bond motifs is 1.